The molecule has 0 radical (unpaired) electrons. The van der Waals surface area contributed by atoms with Crippen LogP contribution in [0.4, 0.5) is 5.82 Å². The summed E-state index contributed by atoms with van der Waals surface area (Å²) in [6.07, 6.45) is 1.56. The van der Waals surface area contributed by atoms with Gasteiger partial charge in [-0.15, -0.1) is 0 Å². The zero-order valence-electron chi connectivity index (χ0n) is 11.7. The quantitative estimate of drug-likeness (QED) is 0.772. The van der Waals surface area contributed by atoms with Crippen LogP contribution in [0.25, 0.3) is 0 Å². The number of esters is 1. The summed E-state index contributed by atoms with van der Waals surface area (Å²) in [5, 5.41) is 0.509. The Morgan fingerprint density at radius 2 is 2.26 bits per heavy atom. The molecule has 0 aliphatic carbocycles. The molecule has 19 heavy (non-hydrogen) atoms. The fraction of sp³-hybridized carbons (Fsp3) is 0.615. The molecule has 0 amide bonds. The number of aryl methyl sites for hydroxylation is 1. The molecule has 2 unspecified atom stereocenters. The Hall–Kier alpha value is -1.30. The number of ether oxygens (including phenoxy) is 1. The smallest absolute Gasteiger partial charge is 0.343 e. The number of anilines is 1. The van der Waals surface area contributed by atoms with Crippen LogP contribution in [0.3, 0.4) is 0 Å². The van der Waals surface area contributed by atoms with Crippen LogP contribution >= 0.6 is 11.8 Å². The number of nitrogens with zero attached hydrogens (tertiary/aromatic N) is 3. The highest BCUT2D eigenvalue weighted by Crippen LogP contribution is 2.30. The number of hydrogen-bond donors (Lipinski definition) is 0. The third-order valence-electron chi connectivity index (χ3n) is 3.45. The van der Waals surface area contributed by atoms with E-state index in [-0.39, 0.29) is 5.97 Å². The van der Waals surface area contributed by atoms with E-state index in [1.165, 1.54) is 7.11 Å². The second kappa shape index (κ2) is 5.77. The van der Waals surface area contributed by atoms with Crippen molar-refractivity contribution in [2.24, 2.45) is 0 Å². The maximum Gasteiger partial charge on any atom is 0.343 e. The fourth-order valence-corrected chi connectivity index (χ4v) is 3.26. The van der Waals surface area contributed by atoms with Gasteiger partial charge in [-0.05, 0) is 13.8 Å². The Kier molecular flexibility index (Phi) is 4.29. The first-order valence-corrected chi connectivity index (χ1v) is 7.39. The summed E-state index contributed by atoms with van der Waals surface area (Å²) in [7, 11) is 1.38. The van der Waals surface area contributed by atoms with E-state index in [1.54, 1.807) is 6.20 Å². The van der Waals surface area contributed by atoms with Crippen molar-refractivity contribution in [2.45, 2.75) is 32.1 Å². The topological polar surface area (TPSA) is 55.3 Å². The van der Waals surface area contributed by atoms with Gasteiger partial charge >= 0.3 is 5.97 Å². The molecule has 0 spiro atoms. The molecule has 2 rings (SSSR count). The first kappa shape index (κ1) is 14.1. The number of aromatic nitrogens is 2. The van der Waals surface area contributed by atoms with Gasteiger partial charge in [0.15, 0.2) is 0 Å². The number of hydrogen-bond acceptors (Lipinski definition) is 6. The van der Waals surface area contributed by atoms with Gasteiger partial charge in [-0.2, -0.15) is 11.8 Å². The van der Waals surface area contributed by atoms with Gasteiger partial charge in [0, 0.05) is 29.8 Å². The first-order chi connectivity index (χ1) is 9.04. The SMILES string of the molecule is COC(=O)c1cnc(C)nc1N1CCSC(C)C1C. The summed E-state index contributed by atoms with van der Waals surface area (Å²) in [4.78, 5) is 22.6. The predicted octanol–water partition coefficient (Wildman–Crippen LogP) is 1.90. The predicted molar refractivity (Wildman–Crippen MR) is 76.8 cm³/mol. The van der Waals surface area contributed by atoms with Crippen molar-refractivity contribution in [1.82, 2.24) is 9.97 Å². The van der Waals surface area contributed by atoms with E-state index in [9.17, 15) is 4.79 Å². The Morgan fingerprint density at radius 1 is 1.53 bits per heavy atom. The van der Waals surface area contributed by atoms with E-state index in [4.69, 9.17) is 4.74 Å². The van der Waals surface area contributed by atoms with Gasteiger partial charge in [-0.1, -0.05) is 6.92 Å². The highest BCUT2D eigenvalue weighted by atomic mass is 32.2. The Labute approximate surface area is 117 Å². The molecule has 5 nitrogen and oxygen atoms in total. The molecular weight excluding hydrogens is 262 g/mol. The van der Waals surface area contributed by atoms with Gasteiger partial charge in [-0.3, -0.25) is 0 Å². The van der Waals surface area contributed by atoms with Gasteiger partial charge in [0.1, 0.15) is 17.2 Å². The third kappa shape index (κ3) is 2.83. The van der Waals surface area contributed by atoms with Crippen molar-refractivity contribution in [3.8, 4) is 0 Å². The van der Waals surface area contributed by atoms with Crippen molar-refractivity contribution in [2.75, 3.05) is 24.3 Å². The van der Waals surface area contributed by atoms with Crippen LogP contribution in [-0.2, 0) is 4.74 Å². The van der Waals surface area contributed by atoms with E-state index in [0.29, 0.717) is 28.5 Å². The molecule has 1 fully saturated rings. The molecule has 6 heteroatoms. The molecule has 104 valence electrons. The lowest BCUT2D eigenvalue weighted by Gasteiger charge is -2.38. The molecule has 0 N–H and O–H groups in total. The number of methoxy groups -OCH3 is 1. The first-order valence-electron chi connectivity index (χ1n) is 6.34. The molecule has 2 atom stereocenters. The van der Waals surface area contributed by atoms with E-state index < -0.39 is 0 Å². The minimum atomic E-state index is -0.381. The van der Waals surface area contributed by atoms with Crippen LogP contribution in [0.15, 0.2) is 6.20 Å². The second-order valence-corrected chi connectivity index (χ2v) is 6.14. The van der Waals surface area contributed by atoms with Gasteiger partial charge < -0.3 is 9.64 Å². The molecule has 1 saturated heterocycles. The number of thioether (sulfide) groups is 1. The minimum Gasteiger partial charge on any atom is -0.465 e. The van der Waals surface area contributed by atoms with Gasteiger partial charge in [0.25, 0.3) is 0 Å². The molecule has 1 aliphatic rings. The maximum absolute atomic E-state index is 11.8. The second-order valence-electron chi connectivity index (χ2n) is 4.66. The summed E-state index contributed by atoms with van der Waals surface area (Å²) >= 11 is 1.95. The highest BCUT2D eigenvalue weighted by molar-refractivity contribution is 8.00. The monoisotopic (exact) mass is 281 g/mol. The van der Waals surface area contributed by atoms with Crippen molar-refractivity contribution in [3.05, 3.63) is 17.6 Å². The molecule has 0 saturated carbocycles. The lowest BCUT2D eigenvalue weighted by molar-refractivity contribution is 0.0600. The highest BCUT2D eigenvalue weighted by Gasteiger charge is 2.29. The zero-order chi connectivity index (χ0) is 14.0. The van der Waals surface area contributed by atoms with Gasteiger partial charge in [0.05, 0.1) is 7.11 Å². The average Bonchev–Trinajstić information content (AvgIpc) is 2.41. The zero-order valence-corrected chi connectivity index (χ0v) is 12.5. The Bertz CT molecular complexity index is 481. The van der Waals surface area contributed by atoms with Crippen molar-refractivity contribution in [1.29, 1.82) is 0 Å². The lowest BCUT2D eigenvalue weighted by Crippen LogP contribution is -2.46. The van der Waals surface area contributed by atoms with Crippen molar-refractivity contribution >= 4 is 23.5 Å². The van der Waals surface area contributed by atoms with Crippen LogP contribution < -0.4 is 4.90 Å². The van der Waals surface area contributed by atoms with Crippen LogP contribution in [0, 0.1) is 6.92 Å². The maximum atomic E-state index is 11.8. The largest absolute Gasteiger partial charge is 0.465 e. The van der Waals surface area contributed by atoms with E-state index >= 15 is 0 Å². The number of carbonyl (C=O) groups excluding carboxylic acids is 1. The van der Waals surface area contributed by atoms with E-state index in [1.807, 2.05) is 18.7 Å². The number of rotatable bonds is 2. The van der Waals surface area contributed by atoms with Gasteiger partial charge in [0.2, 0.25) is 0 Å². The minimum absolute atomic E-state index is 0.330. The lowest BCUT2D eigenvalue weighted by atomic mass is 10.1. The third-order valence-corrected chi connectivity index (χ3v) is 4.79. The molecule has 1 aromatic heterocycles. The van der Waals surface area contributed by atoms with Gasteiger partial charge in [-0.25, -0.2) is 14.8 Å². The van der Waals surface area contributed by atoms with E-state index in [2.05, 4.69) is 28.7 Å². The molecular formula is C13H19N3O2S. The van der Waals surface area contributed by atoms with E-state index in [0.717, 1.165) is 12.3 Å². The molecule has 1 aromatic rings. The molecule has 0 bridgehead atoms. The van der Waals surface area contributed by atoms with Crippen LogP contribution in [0.1, 0.15) is 30.0 Å². The Balaban J connectivity index is 2.42. The molecule has 2 heterocycles. The average molecular weight is 281 g/mol. The van der Waals surface area contributed by atoms with Crippen molar-refractivity contribution in [3.63, 3.8) is 0 Å². The molecule has 1 aliphatic heterocycles. The summed E-state index contributed by atoms with van der Waals surface area (Å²) in [5.74, 6) is 2.02. The normalized spacial score (nSPS) is 23.3. The number of carbonyl (C=O) groups is 1. The fourth-order valence-electron chi connectivity index (χ4n) is 2.16. The standard InChI is InChI=1S/C13H19N3O2S/c1-8-9(2)19-6-5-16(8)12-11(13(17)18-4)7-14-10(3)15-12/h7-9H,5-6H2,1-4H3. The van der Waals surface area contributed by atoms with Crippen molar-refractivity contribution < 1.29 is 9.53 Å². The summed E-state index contributed by atoms with van der Waals surface area (Å²) in [5.41, 5.74) is 0.444. The summed E-state index contributed by atoms with van der Waals surface area (Å²) in [6, 6.07) is 0.330. The van der Waals surface area contributed by atoms with Crippen LogP contribution in [-0.4, -0.2) is 46.6 Å². The summed E-state index contributed by atoms with van der Waals surface area (Å²) in [6.45, 7) is 7.08. The van der Waals surface area contributed by atoms with Crippen LogP contribution in [0.2, 0.25) is 0 Å². The summed E-state index contributed by atoms with van der Waals surface area (Å²) < 4.78 is 4.82. The molecule has 0 aromatic carbocycles. The Morgan fingerprint density at radius 3 is 2.95 bits per heavy atom. The van der Waals surface area contributed by atoms with Crippen LogP contribution in [0.5, 0.6) is 0 Å².